The van der Waals surface area contributed by atoms with E-state index in [1.807, 2.05) is 41.3 Å². The van der Waals surface area contributed by atoms with Crippen LogP contribution in [0.3, 0.4) is 0 Å². The van der Waals surface area contributed by atoms with Crippen molar-refractivity contribution in [3.8, 4) is 0 Å². The van der Waals surface area contributed by atoms with E-state index in [4.69, 9.17) is 9.47 Å². The molecule has 2 fully saturated rings. The van der Waals surface area contributed by atoms with Gasteiger partial charge in [0.25, 0.3) is 5.91 Å². The normalized spacial score (nSPS) is 24.5. The van der Waals surface area contributed by atoms with Crippen LogP contribution < -0.4 is 0 Å². The Morgan fingerprint density at radius 3 is 2.81 bits per heavy atom. The maximum Gasteiger partial charge on any atom is 0.272 e. The molecule has 1 atom stereocenters. The number of hydrogen-bond acceptors (Lipinski definition) is 5. The van der Waals surface area contributed by atoms with Crippen LogP contribution in [-0.4, -0.2) is 78.3 Å². The lowest BCUT2D eigenvalue weighted by atomic mass is 10.0. The second-order valence-electron chi connectivity index (χ2n) is 7.76. The molecule has 0 N–H and O–H groups in total. The van der Waals surface area contributed by atoms with Crippen LogP contribution in [0.5, 0.6) is 0 Å². The van der Waals surface area contributed by atoms with Crippen LogP contribution in [0.25, 0.3) is 10.9 Å². The molecule has 6 heteroatoms. The van der Waals surface area contributed by atoms with Gasteiger partial charge in [0.1, 0.15) is 11.3 Å². The fourth-order valence-electron chi connectivity index (χ4n) is 3.92. The summed E-state index contributed by atoms with van der Waals surface area (Å²) in [5.41, 5.74) is 0.863. The lowest BCUT2D eigenvalue weighted by Gasteiger charge is -2.44. The fourth-order valence-corrected chi connectivity index (χ4v) is 3.92. The first-order valence-electron chi connectivity index (χ1n) is 9.67. The molecule has 3 heterocycles. The first-order chi connectivity index (χ1) is 13.1. The minimum atomic E-state index is -0.467. The smallest absolute Gasteiger partial charge is 0.272 e. The Morgan fingerprint density at radius 2 is 1.96 bits per heavy atom. The Bertz CT molecular complexity index is 825. The number of ether oxygens (including phenoxy) is 2. The Hall–Kier alpha value is -2.02. The van der Waals surface area contributed by atoms with Gasteiger partial charge in [-0.25, -0.2) is 4.98 Å². The molecule has 6 nitrogen and oxygen atoms in total. The summed E-state index contributed by atoms with van der Waals surface area (Å²) in [6, 6.07) is 12.1. The molecule has 0 bridgehead atoms. The molecule has 2 aromatic rings. The molecular weight excluding hydrogens is 342 g/mol. The molecule has 0 saturated carbocycles. The van der Waals surface area contributed by atoms with Gasteiger partial charge in [0, 0.05) is 31.1 Å². The highest BCUT2D eigenvalue weighted by Crippen LogP contribution is 2.25. The van der Waals surface area contributed by atoms with Crippen molar-refractivity contribution in [1.82, 2.24) is 14.8 Å². The molecule has 0 radical (unpaired) electrons. The quantitative estimate of drug-likeness (QED) is 0.812. The Balaban J connectivity index is 1.55. The van der Waals surface area contributed by atoms with E-state index in [0.29, 0.717) is 44.6 Å². The number of carbonyl (C=O) groups excluding carboxylic acids is 1. The van der Waals surface area contributed by atoms with E-state index < -0.39 is 5.60 Å². The molecule has 27 heavy (non-hydrogen) atoms. The molecule has 1 aromatic heterocycles. The number of carbonyl (C=O) groups is 1. The van der Waals surface area contributed by atoms with Crippen LogP contribution in [0.1, 0.15) is 24.3 Å². The highest BCUT2D eigenvalue weighted by atomic mass is 16.5. The second kappa shape index (κ2) is 7.54. The molecule has 0 aliphatic carbocycles. The van der Waals surface area contributed by atoms with E-state index in [1.54, 1.807) is 0 Å². The van der Waals surface area contributed by atoms with Gasteiger partial charge in [0.15, 0.2) is 0 Å². The van der Waals surface area contributed by atoms with Gasteiger partial charge in [-0.05, 0) is 26.0 Å². The van der Waals surface area contributed by atoms with Crippen molar-refractivity contribution in [2.75, 3.05) is 46.0 Å². The number of hydrogen-bond donors (Lipinski definition) is 0. The largest absolute Gasteiger partial charge is 0.377 e. The van der Waals surface area contributed by atoms with Crippen LogP contribution in [0.15, 0.2) is 36.4 Å². The number of morpholine rings is 1. The SMILES string of the molecule is CC(C)N1CCOC[C@]2(CN(C(=O)c3ccc4ccccc4n3)CCO2)C1. The minimum Gasteiger partial charge on any atom is -0.377 e. The zero-order chi connectivity index (χ0) is 18.9. The Morgan fingerprint density at radius 1 is 1.11 bits per heavy atom. The van der Waals surface area contributed by atoms with Gasteiger partial charge in [-0.3, -0.25) is 9.69 Å². The number of benzene rings is 1. The number of aromatic nitrogens is 1. The number of pyridine rings is 1. The maximum atomic E-state index is 13.1. The molecular formula is C21H27N3O3. The average molecular weight is 369 g/mol. The summed E-state index contributed by atoms with van der Waals surface area (Å²) in [5, 5.41) is 1.04. The van der Waals surface area contributed by atoms with Gasteiger partial charge in [0.05, 0.1) is 31.9 Å². The predicted octanol–water partition coefficient (Wildman–Crippen LogP) is 2.19. The lowest BCUT2D eigenvalue weighted by molar-refractivity contribution is -0.134. The first kappa shape index (κ1) is 18.3. The van der Waals surface area contributed by atoms with Crippen molar-refractivity contribution >= 4 is 16.8 Å². The van der Waals surface area contributed by atoms with Gasteiger partial charge in [-0.15, -0.1) is 0 Å². The monoisotopic (exact) mass is 369 g/mol. The van der Waals surface area contributed by atoms with E-state index >= 15 is 0 Å². The van der Waals surface area contributed by atoms with Crippen LogP contribution >= 0.6 is 0 Å². The molecule has 4 rings (SSSR count). The average Bonchev–Trinajstić information content (AvgIpc) is 2.90. The summed E-state index contributed by atoms with van der Waals surface area (Å²) in [5.74, 6) is -0.0382. The summed E-state index contributed by atoms with van der Waals surface area (Å²) in [4.78, 5) is 21.9. The number of nitrogens with zero attached hydrogens (tertiary/aromatic N) is 3. The van der Waals surface area contributed by atoms with Crippen molar-refractivity contribution in [3.63, 3.8) is 0 Å². The zero-order valence-corrected chi connectivity index (χ0v) is 16.1. The summed E-state index contributed by atoms with van der Waals surface area (Å²) in [6.45, 7) is 8.89. The van der Waals surface area contributed by atoms with Gasteiger partial charge in [-0.2, -0.15) is 0 Å². The molecule has 1 spiro atoms. The third kappa shape index (κ3) is 3.83. The third-order valence-corrected chi connectivity index (χ3v) is 5.46. The zero-order valence-electron chi connectivity index (χ0n) is 16.1. The third-order valence-electron chi connectivity index (χ3n) is 5.46. The van der Waals surface area contributed by atoms with E-state index in [9.17, 15) is 4.79 Å². The van der Waals surface area contributed by atoms with Crippen LogP contribution in [0.2, 0.25) is 0 Å². The van der Waals surface area contributed by atoms with Crippen molar-refractivity contribution in [2.45, 2.75) is 25.5 Å². The van der Waals surface area contributed by atoms with E-state index in [1.165, 1.54) is 0 Å². The van der Waals surface area contributed by atoms with Gasteiger partial charge >= 0.3 is 0 Å². The van der Waals surface area contributed by atoms with Crippen LogP contribution in [-0.2, 0) is 9.47 Å². The number of para-hydroxylation sites is 1. The van der Waals surface area contributed by atoms with Crippen molar-refractivity contribution in [3.05, 3.63) is 42.1 Å². The summed E-state index contributed by atoms with van der Waals surface area (Å²) in [7, 11) is 0. The number of rotatable bonds is 2. The Kier molecular flexibility index (Phi) is 5.12. The number of amides is 1. The summed E-state index contributed by atoms with van der Waals surface area (Å²) >= 11 is 0. The van der Waals surface area contributed by atoms with Crippen LogP contribution in [0.4, 0.5) is 0 Å². The molecule has 1 amide bonds. The standard InChI is InChI=1S/C21H27N3O3/c1-16(2)23-9-11-26-15-21(13-23)14-24(10-12-27-21)20(25)19-8-7-17-5-3-4-6-18(17)22-19/h3-8,16H,9-15H2,1-2H3/t21-/m1/s1. The summed E-state index contributed by atoms with van der Waals surface area (Å²) < 4.78 is 12.0. The highest BCUT2D eigenvalue weighted by Gasteiger charge is 2.42. The molecule has 144 valence electrons. The topological polar surface area (TPSA) is 54.9 Å². The van der Waals surface area contributed by atoms with E-state index in [0.717, 1.165) is 24.0 Å². The van der Waals surface area contributed by atoms with Gasteiger partial charge in [0.2, 0.25) is 0 Å². The minimum absolute atomic E-state index is 0.0382. The molecule has 2 aliphatic rings. The van der Waals surface area contributed by atoms with E-state index in [-0.39, 0.29) is 5.91 Å². The predicted molar refractivity (Wildman–Crippen MR) is 104 cm³/mol. The molecule has 1 aromatic carbocycles. The molecule has 2 aliphatic heterocycles. The van der Waals surface area contributed by atoms with Gasteiger partial charge in [-0.1, -0.05) is 24.3 Å². The van der Waals surface area contributed by atoms with Crippen molar-refractivity contribution in [2.24, 2.45) is 0 Å². The van der Waals surface area contributed by atoms with Crippen molar-refractivity contribution in [1.29, 1.82) is 0 Å². The fraction of sp³-hybridized carbons (Fsp3) is 0.524. The number of fused-ring (bicyclic) bond motifs is 1. The van der Waals surface area contributed by atoms with E-state index in [2.05, 4.69) is 23.7 Å². The first-order valence-corrected chi connectivity index (χ1v) is 9.67. The molecule has 2 saturated heterocycles. The molecule has 0 unspecified atom stereocenters. The van der Waals surface area contributed by atoms with Crippen molar-refractivity contribution < 1.29 is 14.3 Å². The van der Waals surface area contributed by atoms with Crippen LogP contribution in [0, 0.1) is 0 Å². The second-order valence-corrected chi connectivity index (χ2v) is 7.76. The summed E-state index contributed by atoms with van der Waals surface area (Å²) in [6.07, 6.45) is 0. The highest BCUT2D eigenvalue weighted by molar-refractivity contribution is 5.95. The maximum absolute atomic E-state index is 13.1. The van der Waals surface area contributed by atoms with Gasteiger partial charge < -0.3 is 14.4 Å². The Labute approximate surface area is 160 Å². The lowest BCUT2D eigenvalue weighted by Crippen LogP contribution is -2.60.